The quantitative estimate of drug-likeness (QED) is 0.861. The van der Waals surface area contributed by atoms with Crippen molar-refractivity contribution in [1.82, 2.24) is 5.32 Å². The minimum Gasteiger partial charge on any atom is -0.459 e. The molecule has 0 unspecified atom stereocenters. The van der Waals surface area contributed by atoms with Crippen molar-refractivity contribution in [2.45, 2.75) is 26.7 Å². The molecule has 0 radical (unpaired) electrons. The largest absolute Gasteiger partial charge is 0.459 e. The van der Waals surface area contributed by atoms with Crippen LogP contribution < -0.4 is 10.6 Å². The predicted octanol–water partition coefficient (Wildman–Crippen LogP) is 2.77. The van der Waals surface area contributed by atoms with E-state index < -0.39 is 5.91 Å². The number of benzene rings is 1. The summed E-state index contributed by atoms with van der Waals surface area (Å²) in [6, 6.07) is 9.16. The van der Waals surface area contributed by atoms with Crippen molar-refractivity contribution in [2.24, 2.45) is 0 Å². The van der Waals surface area contributed by atoms with E-state index in [1.165, 1.54) is 6.26 Å². The van der Waals surface area contributed by atoms with E-state index >= 15 is 0 Å². The van der Waals surface area contributed by atoms with E-state index in [2.05, 4.69) is 10.6 Å². The maximum atomic E-state index is 12.1. The molecule has 2 rings (SSSR count). The standard InChI is InChI=1S/C17H20N2O3/c1-3-12-7-5-8-13(4-2)16(12)19-15(20)11-18-17(21)14-9-6-10-22-14/h5-10H,3-4,11H2,1-2H3,(H,18,21)(H,19,20). The number of anilines is 1. The van der Waals surface area contributed by atoms with Gasteiger partial charge < -0.3 is 15.1 Å². The number of rotatable bonds is 6. The highest BCUT2D eigenvalue weighted by molar-refractivity contribution is 5.98. The molecule has 116 valence electrons. The van der Waals surface area contributed by atoms with Gasteiger partial charge in [0.15, 0.2) is 5.76 Å². The summed E-state index contributed by atoms with van der Waals surface area (Å²) < 4.78 is 4.98. The van der Waals surface area contributed by atoms with E-state index in [1.807, 2.05) is 32.0 Å². The Morgan fingerprint density at radius 2 is 1.73 bits per heavy atom. The van der Waals surface area contributed by atoms with Crippen LogP contribution in [0.5, 0.6) is 0 Å². The Balaban J connectivity index is 1.99. The first-order chi connectivity index (χ1) is 10.7. The van der Waals surface area contributed by atoms with Gasteiger partial charge in [0, 0.05) is 5.69 Å². The molecule has 1 aromatic carbocycles. The van der Waals surface area contributed by atoms with E-state index in [0.717, 1.165) is 29.7 Å². The third-order valence-electron chi connectivity index (χ3n) is 3.42. The number of furan rings is 1. The zero-order valence-electron chi connectivity index (χ0n) is 12.8. The molecule has 0 fully saturated rings. The topological polar surface area (TPSA) is 71.3 Å². The van der Waals surface area contributed by atoms with Crippen molar-refractivity contribution in [3.8, 4) is 0 Å². The molecule has 0 spiro atoms. The number of amides is 2. The van der Waals surface area contributed by atoms with Gasteiger partial charge in [-0.05, 0) is 36.1 Å². The van der Waals surface area contributed by atoms with Crippen molar-refractivity contribution < 1.29 is 14.0 Å². The Kier molecular flexibility index (Phi) is 5.36. The molecule has 0 atom stereocenters. The molecule has 0 bridgehead atoms. The minimum atomic E-state index is -0.403. The number of para-hydroxylation sites is 1. The Morgan fingerprint density at radius 1 is 1.05 bits per heavy atom. The smallest absolute Gasteiger partial charge is 0.287 e. The maximum Gasteiger partial charge on any atom is 0.287 e. The Morgan fingerprint density at radius 3 is 2.27 bits per heavy atom. The maximum absolute atomic E-state index is 12.1. The fourth-order valence-electron chi connectivity index (χ4n) is 2.24. The summed E-state index contributed by atoms with van der Waals surface area (Å²) in [5.74, 6) is -0.467. The van der Waals surface area contributed by atoms with Crippen molar-refractivity contribution >= 4 is 17.5 Å². The average Bonchev–Trinajstić information content (AvgIpc) is 3.07. The van der Waals surface area contributed by atoms with Gasteiger partial charge in [0.05, 0.1) is 12.8 Å². The third kappa shape index (κ3) is 3.75. The predicted molar refractivity (Wildman–Crippen MR) is 84.9 cm³/mol. The molecular weight excluding hydrogens is 280 g/mol. The van der Waals surface area contributed by atoms with Crippen LogP contribution in [-0.2, 0) is 17.6 Å². The zero-order valence-corrected chi connectivity index (χ0v) is 12.8. The van der Waals surface area contributed by atoms with Crippen molar-refractivity contribution in [3.05, 3.63) is 53.5 Å². The molecule has 5 heteroatoms. The van der Waals surface area contributed by atoms with Gasteiger partial charge in [-0.15, -0.1) is 0 Å². The molecule has 1 aromatic heterocycles. The normalized spacial score (nSPS) is 10.3. The van der Waals surface area contributed by atoms with E-state index in [-0.39, 0.29) is 18.2 Å². The summed E-state index contributed by atoms with van der Waals surface area (Å²) in [6.45, 7) is 3.99. The highest BCUT2D eigenvalue weighted by Crippen LogP contribution is 2.22. The summed E-state index contributed by atoms with van der Waals surface area (Å²) in [7, 11) is 0. The second-order valence-corrected chi connectivity index (χ2v) is 4.87. The number of nitrogens with one attached hydrogen (secondary N) is 2. The first-order valence-corrected chi connectivity index (χ1v) is 7.38. The first kappa shape index (κ1) is 15.8. The van der Waals surface area contributed by atoms with Crippen LogP contribution in [0.15, 0.2) is 41.0 Å². The lowest BCUT2D eigenvalue weighted by Crippen LogP contribution is -2.33. The fraction of sp³-hybridized carbons (Fsp3) is 0.294. The van der Waals surface area contributed by atoms with Gasteiger partial charge in [0.25, 0.3) is 5.91 Å². The number of carbonyl (C=O) groups is 2. The summed E-state index contributed by atoms with van der Waals surface area (Å²) in [5, 5.41) is 5.43. The molecule has 0 aliphatic carbocycles. The Hall–Kier alpha value is -2.56. The second kappa shape index (κ2) is 7.45. The Bertz CT molecular complexity index is 626. The molecule has 0 aliphatic rings. The summed E-state index contributed by atoms with van der Waals surface area (Å²) >= 11 is 0. The summed E-state index contributed by atoms with van der Waals surface area (Å²) in [4.78, 5) is 23.8. The Labute approximate surface area is 129 Å². The SMILES string of the molecule is CCc1cccc(CC)c1NC(=O)CNC(=O)c1ccco1. The van der Waals surface area contributed by atoms with Gasteiger partial charge in [0.2, 0.25) is 5.91 Å². The zero-order chi connectivity index (χ0) is 15.9. The van der Waals surface area contributed by atoms with E-state index in [0.29, 0.717) is 0 Å². The molecule has 2 N–H and O–H groups in total. The van der Waals surface area contributed by atoms with Gasteiger partial charge in [-0.3, -0.25) is 9.59 Å². The number of carbonyl (C=O) groups excluding carboxylic acids is 2. The summed E-state index contributed by atoms with van der Waals surface area (Å²) in [6.07, 6.45) is 3.09. The average molecular weight is 300 g/mol. The molecule has 1 heterocycles. The lowest BCUT2D eigenvalue weighted by atomic mass is 10.0. The van der Waals surface area contributed by atoms with Gasteiger partial charge in [0.1, 0.15) is 0 Å². The molecule has 0 aliphatic heterocycles. The molecule has 22 heavy (non-hydrogen) atoms. The first-order valence-electron chi connectivity index (χ1n) is 7.38. The fourth-order valence-corrected chi connectivity index (χ4v) is 2.24. The van der Waals surface area contributed by atoms with Crippen LogP contribution in [0.4, 0.5) is 5.69 Å². The van der Waals surface area contributed by atoms with Crippen molar-refractivity contribution in [1.29, 1.82) is 0 Å². The number of hydrogen-bond donors (Lipinski definition) is 2. The minimum absolute atomic E-state index is 0.0965. The van der Waals surface area contributed by atoms with Crippen molar-refractivity contribution in [2.75, 3.05) is 11.9 Å². The van der Waals surface area contributed by atoms with Gasteiger partial charge in [-0.2, -0.15) is 0 Å². The lowest BCUT2D eigenvalue weighted by molar-refractivity contribution is -0.115. The van der Waals surface area contributed by atoms with Crippen LogP contribution in [0.1, 0.15) is 35.5 Å². The highest BCUT2D eigenvalue weighted by atomic mass is 16.3. The number of hydrogen-bond acceptors (Lipinski definition) is 3. The van der Waals surface area contributed by atoms with Crippen LogP contribution >= 0.6 is 0 Å². The van der Waals surface area contributed by atoms with Crippen LogP contribution in [0.2, 0.25) is 0 Å². The summed E-state index contributed by atoms with van der Waals surface area (Å²) in [5.41, 5.74) is 3.03. The van der Waals surface area contributed by atoms with E-state index in [4.69, 9.17) is 4.42 Å². The van der Waals surface area contributed by atoms with Gasteiger partial charge >= 0.3 is 0 Å². The van der Waals surface area contributed by atoms with E-state index in [9.17, 15) is 9.59 Å². The molecular formula is C17H20N2O3. The molecule has 2 amide bonds. The lowest BCUT2D eigenvalue weighted by Gasteiger charge is -2.14. The van der Waals surface area contributed by atoms with Gasteiger partial charge in [-0.25, -0.2) is 0 Å². The monoisotopic (exact) mass is 300 g/mol. The number of aryl methyl sites for hydroxylation is 2. The van der Waals surface area contributed by atoms with Crippen molar-refractivity contribution in [3.63, 3.8) is 0 Å². The van der Waals surface area contributed by atoms with E-state index in [1.54, 1.807) is 12.1 Å². The second-order valence-electron chi connectivity index (χ2n) is 4.87. The molecule has 2 aromatic rings. The molecule has 5 nitrogen and oxygen atoms in total. The highest BCUT2D eigenvalue weighted by Gasteiger charge is 2.13. The van der Waals surface area contributed by atoms with Crippen LogP contribution in [-0.4, -0.2) is 18.4 Å². The molecule has 0 saturated heterocycles. The van der Waals surface area contributed by atoms with Gasteiger partial charge in [-0.1, -0.05) is 32.0 Å². The third-order valence-corrected chi connectivity index (χ3v) is 3.42. The molecule has 0 saturated carbocycles. The van der Waals surface area contributed by atoms with Crippen LogP contribution in [0.3, 0.4) is 0 Å². The van der Waals surface area contributed by atoms with Crippen LogP contribution in [0, 0.1) is 0 Å². The van der Waals surface area contributed by atoms with Crippen LogP contribution in [0.25, 0.3) is 0 Å².